The van der Waals surface area contributed by atoms with Gasteiger partial charge in [-0.05, 0) is 177 Å². The molecule has 7 heteroatoms. The van der Waals surface area contributed by atoms with E-state index < -0.39 is 28.0 Å². The van der Waals surface area contributed by atoms with Crippen molar-refractivity contribution in [3.05, 3.63) is 63.8 Å². The summed E-state index contributed by atoms with van der Waals surface area (Å²) >= 11 is 0. The minimum Gasteiger partial charge on any atom is -0.471 e. The first-order valence-corrected chi connectivity index (χ1v) is 25.5. The van der Waals surface area contributed by atoms with Gasteiger partial charge in [-0.1, -0.05) is 92.2 Å². The summed E-state index contributed by atoms with van der Waals surface area (Å²) in [4.78, 5) is 41.2. The first-order valence-electron chi connectivity index (χ1n) is 25.5. The predicted molar refractivity (Wildman–Crippen MR) is 253 cm³/mol. The van der Waals surface area contributed by atoms with E-state index in [0.29, 0.717) is 35.5 Å². The minimum absolute atomic E-state index is 0.00289. The van der Waals surface area contributed by atoms with Crippen LogP contribution in [0, 0.1) is 73.9 Å². The lowest BCUT2D eigenvalue weighted by molar-refractivity contribution is -0.231. The Balaban J connectivity index is 0.972. The summed E-state index contributed by atoms with van der Waals surface area (Å²) in [6.07, 6.45) is 23.6. The van der Waals surface area contributed by atoms with Crippen LogP contribution < -0.4 is 9.47 Å². The van der Waals surface area contributed by atoms with Gasteiger partial charge in [0.1, 0.15) is 5.78 Å². The Hall–Kier alpha value is -3.45. The van der Waals surface area contributed by atoms with E-state index >= 15 is 0 Å². The van der Waals surface area contributed by atoms with Gasteiger partial charge in [-0.3, -0.25) is 14.4 Å². The van der Waals surface area contributed by atoms with Crippen molar-refractivity contribution in [1.29, 1.82) is 0 Å². The number of fused-ring (bicyclic) bond motifs is 17. The lowest BCUT2D eigenvalue weighted by Gasteiger charge is -2.71. The molecule has 1 aromatic rings. The number of ketones is 2. The summed E-state index contributed by atoms with van der Waals surface area (Å²) in [5.41, 5.74) is 3.85. The number of Topliss-reactive ketones (excluding diaryl/α,β-unsaturated/α-hetero) is 1. The molecule has 1 N–H and O–H groups in total. The van der Waals surface area contributed by atoms with Crippen LogP contribution in [0.4, 0.5) is 0 Å². The van der Waals surface area contributed by atoms with E-state index in [1.807, 2.05) is 6.92 Å². The number of hydrogen-bond donors (Lipinski definition) is 1. The fraction of sp³-hybridized carbons (Fsp3) is 0.707. The molecule has 0 saturated heterocycles. The van der Waals surface area contributed by atoms with Gasteiger partial charge in [-0.2, -0.15) is 0 Å². The number of ether oxygens (including phenoxy) is 3. The summed E-state index contributed by atoms with van der Waals surface area (Å²) in [7, 11) is 1.54. The molecule has 0 aromatic heterocycles. The SMILES string of the molecule is COC(=O)[C@]1(C)CC[C@]2(C)CC[C@]3(C)[C@@H]4C=Cc5c(cc6c(c5C)O[C@]5(O)C(=O)C=C7C(=CC=C8[C@@]7(C)CC[C@@]7(C)[C@@H]9C[C@@H](C)C(=O)C[C@]9(C)CC[C@]87C)[C@@]5(C)O6)[C@]4(C)CC[C@@]3(C)[C@@H]2C1. The second kappa shape index (κ2) is 12.8. The first kappa shape index (κ1) is 44.1. The molecule has 350 valence electrons. The van der Waals surface area contributed by atoms with Crippen molar-refractivity contribution in [3.8, 4) is 11.5 Å². The van der Waals surface area contributed by atoms with Crippen LogP contribution >= 0.6 is 0 Å². The lowest BCUT2D eigenvalue weighted by Crippen LogP contribution is -2.70. The van der Waals surface area contributed by atoms with Crippen LogP contribution in [0.25, 0.3) is 6.08 Å². The highest BCUT2D eigenvalue weighted by molar-refractivity contribution is 6.02. The van der Waals surface area contributed by atoms with Crippen molar-refractivity contribution in [2.24, 2.45) is 67.0 Å². The zero-order valence-corrected chi connectivity index (χ0v) is 41.9. The Morgan fingerprint density at radius 2 is 1.45 bits per heavy atom. The van der Waals surface area contributed by atoms with E-state index in [2.05, 4.69) is 107 Å². The van der Waals surface area contributed by atoms with Crippen LogP contribution in [0.1, 0.15) is 176 Å². The Morgan fingerprint density at radius 1 is 0.769 bits per heavy atom. The van der Waals surface area contributed by atoms with Gasteiger partial charge in [0.2, 0.25) is 11.4 Å². The molecule has 7 nitrogen and oxygen atoms in total. The van der Waals surface area contributed by atoms with Gasteiger partial charge in [0.15, 0.2) is 11.5 Å². The van der Waals surface area contributed by atoms with E-state index in [1.165, 1.54) is 11.1 Å². The van der Waals surface area contributed by atoms with Crippen molar-refractivity contribution < 1.29 is 33.7 Å². The molecule has 6 saturated carbocycles. The number of carbonyl (C=O) groups is 3. The van der Waals surface area contributed by atoms with Crippen LogP contribution in [0.15, 0.2) is 47.1 Å². The summed E-state index contributed by atoms with van der Waals surface area (Å²) in [6.45, 7) is 27.9. The van der Waals surface area contributed by atoms with Crippen LogP contribution in [0.2, 0.25) is 0 Å². The third kappa shape index (κ3) is 4.96. The number of esters is 1. The van der Waals surface area contributed by atoms with Gasteiger partial charge < -0.3 is 19.3 Å². The van der Waals surface area contributed by atoms with Gasteiger partial charge in [0.05, 0.1) is 12.5 Å². The van der Waals surface area contributed by atoms with E-state index in [9.17, 15) is 19.5 Å². The summed E-state index contributed by atoms with van der Waals surface area (Å²) in [5.74, 6) is -0.156. The molecule has 0 spiro atoms. The summed E-state index contributed by atoms with van der Waals surface area (Å²) in [6, 6.07) is 2.21. The molecule has 0 bridgehead atoms. The molecule has 0 amide bonds. The number of carbonyl (C=O) groups excluding carboxylic acids is 3. The number of allylic oxidation sites excluding steroid dienone is 4. The number of hydrogen-bond acceptors (Lipinski definition) is 7. The minimum atomic E-state index is -2.25. The van der Waals surface area contributed by atoms with Crippen molar-refractivity contribution in [3.63, 3.8) is 0 Å². The molecule has 9 aliphatic carbocycles. The van der Waals surface area contributed by atoms with E-state index in [-0.39, 0.29) is 55.7 Å². The van der Waals surface area contributed by atoms with E-state index in [1.54, 1.807) is 13.2 Å². The summed E-state index contributed by atoms with van der Waals surface area (Å²) < 4.78 is 19.5. The van der Waals surface area contributed by atoms with Gasteiger partial charge in [-0.15, -0.1) is 0 Å². The zero-order chi connectivity index (χ0) is 46.7. The van der Waals surface area contributed by atoms with Crippen LogP contribution in [0.5, 0.6) is 11.5 Å². The maximum Gasteiger partial charge on any atom is 0.317 e. The average molecular weight is 885 g/mol. The quantitative estimate of drug-likeness (QED) is 0.280. The fourth-order valence-corrected chi connectivity index (χ4v) is 18.7. The molecule has 1 aliphatic heterocycles. The zero-order valence-electron chi connectivity index (χ0n) is 41.9. The Kier molecular flexibility index (Phi) is 8.68. The largest absolute Gasteiger partial charge is 0.471 e. The molecular formula is C58H76O7. The third-order valence-electron chi connectivity index (χ3n) is 23.6. The molecule has 15 atom stereocenters. The molecule has 1 aromatic carbocycles. The maximum absolute atomic E-state index is 14.8. The van der Waals surface area contributed by atoms with Crippen molar-refractivity contribution in [2.75, 3.05) is 7.11 Å². The number of benzene rings is 1. The predicted octanol–water partition coefficient (Wildman–Crippen LogP) is 12.3. The van der Waals surface area contributed by atoms with Gasteiger partial charge >= 0.3 is 11.8 Å². The molecule has 6 fully saturated rings. The third-order valence-corrected chi connectivity index (χ3v) is 23.6. The standard InChI is InChI=1S/C58H76O7/c1-33-28-43-49(4,31-39(33)59)21-25-53(8)42-17-15-36-38(52(42,7)23-26-55(43,53)10)30-45(60)58(62)57(36,12)64-40-29-37-35(34(2)46(40)65-58)14-16-41-51(37,6)22-27-56(11)44-32-50(5,47(61)63-13)19-18-48(44,3)20-24-54(41,56)9/h14-17,29-30,33,41,43-44,62H,18-28,31-32H2,1-13H3/t33-,41-,43-,44-,48-,49+,50-,51+,52+,53-,54-,55+,56+,57-,58-/m1/s1. The second-order valence-electron chi connectivity index (χ2n) is 26.4. The average Bonchev–Trinajstić information content (AvgIpc) is 3.25. The normalized spacial score (nSPS) is 51.1. The van der Waals surface area contributed by atoms with Crippen molar-refractivity contribution in [2.45, 2.75) is 183 Å². The Morgan fingerprint density at radius 3 is 2.17 bits per heavy atom. The van der Waals surface area contributed by atoms with Crippen LogP contribution in [-0.4, -0.2) is 41.1 Å². The van der Waals surface area contributed by atoms with Crippen molar-refractivity contribution >= 4 is 23.6 Å². The van der Waals surface area contributed by atoms with Gasteiger partial charge in [0, 0.05) is 34.3 Å². The highest BCUT2D eigenvalue weighted by Gasteiger charge is 2.72. The number of rotatable bonds is 1. The summed E-state index contributed by atoms with van der Waals surface area (Å²) in [5, 5.41) is 12.8. The lowest BCUT2D eigenvalue weighted by atomic mass is 9.33. The molecule has 11 rings (SSSR count). The van der Waals surface area contributed by atoms with Gasteiger partial charge in [-0.25, -0.2) is 0 Å². The molecule has 10 aliphatic rings. The van der Waals surface area contributed by atoms with E-state index in [4.69, 9.17) is 14.2 Å². The fourth-order valence-electron chi connectivity index (χ4n) is 18.7. The van der Waals surface area contributed by atoms with Crippen LogP contribution in [0.3, 0.4) is 0 Å². The molecule has 0 radical (unpaired) electrons. The first-order chi connectivity index (χ1) is 30.2. The monoisotopic (exact) mass is 885 g/mol. The topological polar surface area (TPSA) is 99.1 Å². The highest BCUT2D eigenvalue weighted by atomic mass is 16.7. The number of aliphatic hydroxyl groups is 1. The number of methoxy groups -OCH3 is 1. The van der Waals surface area contributed by atoms with Crippen LogP contribution in [-0.2, 0) is 24.5 Å². The Labute approximate surface area is 388 Å². The van der Waals surface area contributed by atoms with Crippen molar-refractivity contribution in [1.82, 2.24) is 0 Å². The molecule has 1 heterocycles. The highest BCUT2D eigenvalue weighted by Crippen LogP contribution is 2.77. The maximum atomic E-state index is 14.8. The molecular weight excluding hydrogens is 809 g/mol. The van der Waals surface area contributed by atoms with E-state index in [0.717, 1.165) is 99.3 Å². The van der Waals surface area contributed by atoms with Gasteiger partial charge in [0.25, 0.3) is 0 Å². The molecule has 0 unspecified atom stereocenters. The second-order valence-corrected chi connectivity index (χ2v) is 26.4. The smallest absolute Gasteiger partial charge is 0.317 e. The molecule has 65 heavy (non-hydrogen) atoms. The Bertz CT molecular complexity index is 2530.